The van der Waals surface area contributed by atoms with E-state index < -0.39 is 57.8 Å². The Morgan fingerprint density at radius 1 is 0.403 bits per heavy atom. The monoisotopic (exact) mass is 1030 g/mol. The number of allylic oxidation sites excluding steroid dienone is 16. The topological polar surface area (TPSA) is 155 Å². The van der Waals surface area contributed by atoms with Crippen LogP contribution in [0, 0.1) is 0 Å². The summed E-state index contributed by atoms with van der Waals surface area (Å²) in [6.45, 7) is 4.33. The number of rotatable bonds is 51. The Labute approximate surface area is 438 Å². The summed E-state index contributed by atoms with van der Waals surface area (Å²) in [5.41, 5.74) is 0. The van der Waals surface area contributed by atoms with Gasteiger partial charge in [-0.25, -0.2) is 4.57 Å². The van der Waals surface area contributed by atoms with Crippen molar-refractivity contribution >= 4 is 25.7 Å². The van der Waals surface area contributed by atoms with E-state index in [0.717, 1.165) is 128 Å². The molecule has 0 rings (SSSR count). The van der Waals surface area contributed by atoms with Crippen molar-refractivity contribution in [3.8, 4) is 0 Å². The molecule has 72 heavy (non-hydrogen) atoms. The van der Waals surface area contributed by atoms with Crippen LogP contribution in [0.1, 0.15) is 226 Å². The van der Waals surface area contributed by atoms with Gasteiger partial charge in [0, 0.05) is 19.3 Å². The minimum Gasteiger partial charge on any atom is -0.462 e. The molecule has 0 aliphatic rings. The van der Waals surface area contributed by atoms with E-state index in [0.29, 0.717) is 19.3 Å². The average Bonchev–Trinajstić information content (AvgIpc) is 3.37. The van der Waals surface area contributed by atoms with Crippen LogP contribution < -0.4 is 0 Å². The molecular formula is C60H101O11P. The molecule has 0 aliphatic heterocycles. The van der Waals surface area contributed by atoms with Gasteiger partial charge in [0.2, 0.25) is 0 Å². The molecule has 11 nitrogen and oxygen atoms in total. The summed E-state index contributed by atoms with van der Waals surface area (Å²) in [7, 11) is -4.77. The highest BCUT2D eigenvalue weighted by Crippen LogP contribution is 2.43. The number of carbonyl (C=O) groups excluding carboxylic acids is 3. The largest absolute Gasteiger partial charge is 0.472 e. The van der Waals surface area contributed by atoms with Crippen molar-refractivity contribution in [3.63, 3.8) is 0 Å². The van der Waals surface area contributed by atoms with Crippen LogP contribution in [0.5, 0.6) is 0 Å². The number of hydrogen-bond acceptors (Lipinski definition) is 10. The molecule has 0 aliphatic carbocycles. The third-order valence-corrected chi connectivity index (χ3v) is 12.4. The molecule has 0 heterocycles. The van der Waals surface area contributed by atoms with Crippen LogP contribution in [0.25, 0.3) is 0 Å². The molecule has 0 bridgehead atoms. The number of phosphoric ester groups is 1. The molecule has 412 valence electrons. The molecular weight excluding hydrogens is 928 g/mol. The molecule has 0 fully saturated rings. The first kappa shape index (κ1) is 68.4. The Morgan fingerprint density at radius 3 is 1.14 bits per heavy atom. The maximum Gasteiger partial charge on any atom is 0.472 e. The molecule has 12 heteroatoms. The van der Waals surface area contributed by atoms with Crippen molar-refractivity contribution in [3.05, 3.63) is 97.2 Å². The first-order chi connectivity index (χ1) is 35.2. The number of aliphatic hydroxyl groups excluding tert-OH is 1. The highest BCUT2D eigenvalue weighted by molar-refractivity contribution is 7.47. The smallest absolute Gasteiger partial charge is 0.462 e. The highest BCUT2D eigenvalue weighted by atomic mass is 31.2. The predicted molar refractivity (Wildman–Crippen MR) is 297 cm³/mol. The molecule has 0 amide bonds. The van der Waals surface area contributed by atoms with E-state index in [-0.39, 0.29) is 25.9 Å². The van der Waals surface area contributed by atoms with E-state index in [9.17, 15) is 28.9 Å². The minimum atomic E-state index is -4.77. The molecule has 0 aromatic rings. The number of unbranched alkanes of at least 4 members (excludes halogenated alkanes) is 18. The van der Waals surface area contributed by atoms with Gasteiger partial charge in [0.15, 0.2) is 6.10 Å². The van der Waals surface area contributed by atoms with Crippen molar-refractivity contribution in [1.82, 2.24) is 0 Å². The fourth-order valence-electron chi connectivity index (χ4n) is 7.24. The summed E-state index contributed by atoms with van der Waals surface area (Å²) in [6, 6.07) is 0. The van der Waals surface area contributed by atoms with E-state index in [1.54, 1.807) is 0 Å². The Balaban J connectivity index is 4.80. The van der Waals surface area contributed by atoms with Crippen molar-refractivity contribution in [2.45, 2.75) is 238 Å². The zero-order valence-electron chi connectivity index (χ0n) is 45.4. The van der Waals surface area contributed by atoms with Gasteiger partial charge in [-0.2, -0.15) is 0 Å². The zero-order chi connectivity index (χ0) is 52.7. The van der Waals surface area contributed by atoms with Crippen LogP contribution >= 0.6 is 7.82 Å². The second-order valence-corrected chi connectivity index (χ2v) is 19.8. The van der Waals surface area contributed by atoms with Gasteiger partial charge < -0.3 is 24.2 Å². The van der Waals surface area contributed by atoms with E-state index in [1.165, 1.54) is 38.5 Å². The fraction of sp³-hybridized carbons (Fsp3) is 0.683. The lowest BCUT2D eigenvalue weighted by atomic mass is 10.1. The lowest BCUT2D eigenvalue weighted by molar-refractivity contribution is -0.161. The maximum atomic E-state index is 12.9. The summed E-state index contributed by atoms with van der Waals surface area (Å²) in [5.74, 6) is -1.54. The summed E-state index contributed by atoms with van der Waals surface area (Å²) in [6.07, 6.45) is 62.3. The highest BCUT2D eigenvalue weighted by Gasteiger charge is 2.28. The lowest BCUT2D eigenvalue weighted by Crippen LogP contribution is -2.30. The molecule has 0 radical (unpaired) electrons. The van der Waals surface area contributed by atoms with Crippen LogP contribution in [0.4, 0.5) is 0 Å². The Kier molecular flexibility index (Phi) is 51.0. The fourth-order valence-corrected chi connectivity index (χ4v) is 8.02. The van der Waals surface area contributed by atoms with Crippen molar-refractivity contribution in [2.24, 2.45) is 0 Å². The molecule has 3 unspecified atom stereocenters. The number of hydrogen-bond donors (Lipinski definition) is 2. The molecule has 3 atom stereocenters. The van der Waals surface area contributed by atoms with Gasteiger partial charge in [-0.15, -0.1) is 0 Å². The third-order valence-electron chi connectivity index (χ3n) is 11.5. The van der Waals surface area contributed by atoms with Gasteiger partial charge in [0.05, 0.1) is 19.8 Å². The molecule has 0 saturated heterocycles. The van der Waals surface area contributed by atoms with Crippen LogP contribution in [0.15, 0.2) is 97.2 Å². The number of esters is 3. The van der Waals surface area contributed by atoms with E-state index >= 15 is 0 Å². The molecule has 0 aromatic heterocycles. The van der Waals surface area contributed by atoms with Gasteiger partial charge in [-0.3, -0.25) is 23.4 Å². The molecule has 0 saturated carbocycles. The van der Waals surface area contributed by atoms with Gasteiger partial charge >= 0.3 is 25.7 Å². The lowest BCUT2D eigenvalue weighted by Gasteiger charge is -2.21. The summed E-state index contributed by atoms with van der Waals surface area (Å²) in [4.78, 5) is 48.5. The van der Waals surface area contributed by atoms with Crippen LogP contribution in [-0.4, -0.2) is 66.5 Å². The normalized spacial score (nSPS) is 14.1. The van der Waals surface area contributed by atoms with E-state index in [2.05, 4.69) is 118 Å². The van der Waals surface area contributed by atoms with Crippen LogP contribution in [0.2, 0.25) is 0 Å². The summed E-state index contributed by atoms with van der Waals surface area (Å²) in [5, 5.41) is 9.81. The van der Waals surface area contributed by atoms with E-state index in [1.807, 2.05) is 0 Å². The van der Waals surface area contributed by atoms with Gasteiger partial charge in [0.25, 0.3) is 0 Å². The first-order valence-corrected chi connectivity index (χ1v) is 29.6. The summed E-state index contributed by atoms with van der Waals surface area (Å²) >= 11 is 0. The standard InChI is InChI=1S/C60H101O11P/c1-4-7-10-13-16-19-22-25-27-28-30-33-36-39-42-45-48-51-60(64)71-57(53-67-58(62)49-46-43-40-37-34-31-24-21-18-15-12-9-6-3)55-69-72(65,66)68-54-56(52-61)70-59(63)50-47-44-41-38-35-32-29-26-23-20-17-14-11-8-5-2/h7,9-10,12,16,18-19,21,25-27,29-31,33-34,56-57,61H,4-6,8,11,13-15,17,20,22-24,28,32,35-55H2,1-3H3,(H,65,66)/b10-7-,12-9-,19-16-,21-18-,27-25-,29-26-,33-30-,34-31-. The Bertz CT molecular complexity index is 1580. The first-order valence-electron chi connectivity index (χ1n) is 28.1. The number of carbonyl (C=O) groups is 3. The molecule has 2 N–H and O–H groups in total. The van der Waals surface area contributed by atoms with Crippen molar-refractivity contribution in [2.75, 3.05) is 26.4 Å². The average molecular weight is 1030 g/mol. The SMILES string of the molecule is CC/C=C\C/C=C\C/C=C\C/C=C\CCCCCCC(=O)OC(COC(=O)CCCCC/C=C\C/C=C\C/C=C\CC)COP(=O)(O)OCC(CO)OC(=O)CCCCCCC/C=C\CCCCCCCC. The second-order valence-electron chi connectivity index (χ2n) is 18.3. The minimum absolute atomic E-state index is 0.128. The van der Waals surface area contributed by atoms with Crippen LogP contribution in [0.3, 0.4) is 0 Å². The molecule has 0 spiro atoms. The van der Waals surface area contributed by atoms with Crippen molar-refractivity contribution in [1.29, 1.82) is 0 Å². The summed E-state index contributed by atoms with van der Waals surface area (Å²) < 4.78 is 39.4. The number of ether oxygens (including phenoxy) is 3. The Hall–Kier alpha value is -3.60. The van der Waals surface area contributed by atoms with Gasteiger partial charge in [-0.1, -0.05) is 189 Å². The number of phosphoric acid groups is 1. The van der Waals surface area contributed by atoms with Crippen molar-refractivity contribution < 1.29 is 52.2 Å². The third kappa shape index (κ3) is 51.3. The zero-order valence-corrected chi connectivity index (χ0v) is 46.3. The predicted octanol–water partition coefficient (Wildman–Crippen LogP) is 16.5. The second kappa shape index (κ2) is 53.7. The van der Waals surface area contributed by atoms with Gasteiger partial charge in [0.1, 0.15) is 12.7 Å². The van der Waals surface area contributed by atoms with Crippen LogP contribution in [-0.2, 0) is 42.2 Å². The van der Waals surface area contributed by atoms with Gasteiger partial charge in [-0.05, 0) is 116 Å². The Morgan fingerprint density at radius 2 is 0.722 bits per heavy atom. The molecule has 0 aromatic carbocycles. The quantitative estimate of drug-likeness (QED) is 0.0197. The van der Waals surface area contributed by atoms with E-state index in [4.69, 9.17) is 23.3 Å². The maximum absolute atomic E-state index is 12.9. The number of aliphatic hydroxyl groups is 1.